The number of carbonyl (C=O) groups excluding carboxylic acids is 1. The molecule has 31 heavy (non-hydrogen) atoms. The molecule has 4 aromatic rings. The van der Waals surface area contributed by atoms with E-state index >= 15 is 0 Å². The summed E-state index contributed by atoms with van der Waals surface area (Å²) < 4.78 is 7.43. The van der Waals surface area contributed by atoms with Gasteiger partial charge in [-0.1, -0.05) is 25.6 Å². The van der Waals surface area contributed by atoms with Gasteiger partial charge in [-0.25, -0.2) is 4.98 Å². The highest BCUT2D eigenvalue weighted by Gasteiger charge is 2.21. The molecule has 3 heterocycles. The molecule has 0 unspecified atom stereocenters. The number of fused-ring (bicyclic) bond motifs is 3. The zero-order chi connectivity index (χ0) is 22.1. The first kappa shape index (κ1) is 21.6. The lowest BCUT2D eigenvalue weighted by Crippen LogP contribution is -2.14. The van der Waals surface area contributed by atoms with E-state index in [1.54, 1.807) is 11.3 Å². The fraction of sp³-hybridized carbons (Fsp3) is 0.364. The van der Waals surface area contributed by atoms with Crippen LogP contribution in [0.3, 0.4) is 0 Å². The lowest BCUT2D eigenvalue weighted by atomic mass is 10.2. The summed E-state index contributed by atoms with van der Waals surface area (Å²) in [6.45, 7) is 11.0. The van der Waals surface area contributed by atoms with Crippen molar-refractivity contribution in [1.29, 1.82) is 0 Å². The summed E-state index contributed by atoms with van der Waals surface area (Å²) in [6.07, 6.45) is 0. The van der Waals surface area contributed by atoms with E-state index in [1.807, 2.05) is 35.6 Å². The molecule has 0 atom stereocenters. The van der Waals surface area contributed by atoms with Gasteiger partial charge in [-0.2, -0.15) is 0 Å². The van der Waals surface area contributed by atoms with Gasteiger partial charge in [0.05, 0.1) is 17.7 Å². The van der Waals surface area contributed by atoms with E-state index in [9.17, 15) is 4.79 Å². The second kappa shape index (κ2) is 8.84. The highest BCUT2D eigenvalue weighted by Crippen LogP contribution is 2.34. The molecule has 0 radical (unpaired) electrons. The van der Waals surface area contributed by atoms with E-state index in [0.717, 1.165) is 33.1 Å². The van der Waals surface area contributed by atoms with E-state index in [4.69, 9.17) is 9.72 Å². The monoisotopic (exact) mass is 455 g/mol. The normalized spacial score (nSPS) is 11.5. The van der Waals surface area contributed by atoms with E-state index in [2.05, 4.69) is 43.2 Å². The van der Waals surface area contributed by atoms with Crippen molar-refractivity contribution in [3.05, 3.63) is 40.5 Å². The molecule has 0 fully saturated rings. The predicted molar refractivity (Wildman–Crippen MR) is 127 cm³/mol. The van der Waals surface area contributed by atoms with E-state index in [1.165, 1.54) is 22.2 Å². The molecule has 1 amide bonds. The Morgan fingerprint density at radius 2 is 1.97 bits per heavy atom. The minimum Gasteiger partial charge on any atom is -0.494 e. The summed E-state index contributed by atoms with van der Waals surface area (Å²) in [4.78, 5) is 19.6. The molecule has 0 spiro atoms. The van der Waals surface area contributed by atoms with Crippen molar-refractivity contribution >= 4 is 50.6 Å². The Labute approximate surface area is 189 Å². The SMILES string of the molecule is CCOc1ccc(NC(=O)CSc2nnc3c4c(C)c(C)sc4nc(C(C)C)n23)cc1. The number of thioether (sulfide) groups is 1. The fourth-order valence-corrected chi connectivity index (χ4v) is 5.12. The second-order valence-electron chi connectivity index (χ2n) is 7.52. The number of ether oxygens (including phenoxy) is 1. The van der Waals surface area contributed by atoms with Crippen LogP contribution in [0, 0.1) is 13.8 Å². The summed E-state index contributed by atoms with van der Waals surface area (Å²) in [6, 6.07) is 7.35. The number of hydrogen-bond acceptors (Lipinski definition) is 7. The van der Waals surface area contributed by atoms with Crippen molar-refractivity contribution < 1.29 is 9.53 Å². The maximum atomic E-state index is 12.5. The maximum Gasteiger partial charge on any atom is 0.234 e. The molecule has 0 aliphatic carbocycles. The van der Waals surface area contributed by atoms with Crippen LogP contribution < -0.4 is 10.1 Å². The zero-order valence-electron chi connectivity index (χ0n) is 18.2. The fourth-order valence-electron chi connectivity index (χ4n) is 3.35. The molecule has 0 aliphatic heterocycles. The van der Waals surface area contributed by atoms with Crippen LogP contribution in [-0.2, 0) is 4.79 Å². The van der Waals surface area contributed by atoms with Gasteiger partial charge in [0.2, 0.25) is 5.91 Å². The molecule has 0 saturated heterocycles. The van der Waals surface area contributed by atoms with Crippen LogP contribution in [-0.4, -0.2) is 37.8 Å². The van der Waals surface area contributed by atoms with E-state index in [-0.39, 0.29) is 17.6 Å². The molecule has 4 rings (SSSR count). The van der Waals surface area contributed by atoms with Gasteiger partial charge in [0, 0.05) is 16.5 Å². The first-order valence-corrected chi connectivity index (χ1v) is 12.0. The number of benzene rings is 1. The van der Waals surface area contributed by atoms with Crippen molar-refractivity contribution in [1.82, 2.24) is 19.6 Å². The summed E-state index contributed by atoms with van der Waals surface area (Å²) in [7, 11) is 0. The summed E-state index contributed by atoms with van der Waals surface area (Å²) in [5.41, 5.74) is 2.73. The lowest BCUT2D eigenvalue weighted by molar-refractivity contribution is -0.113. The van der Waals surface area contributed by atoms with Gasteiger partial charge in [-0.15, -0.1) is 21.5 Å². The molecule has 0 aliphatic rings. The van der Waals surface area contributed by atoms with Crippen LogP contribution in [0.2, 0.25) is 0 Å². The third kappa shape index (κ3) is 4.24. The minimum atomic E-state index is -0.103. The number of carbonyl (C=O) groups is 1. The second-order valence-corrected chi connectivity index (χ2v) is 9.67. The zero-order valence-corrected chi connectivity index (χ0v) is 19.9. The third-order valence-corrected chi connectivity index (χ3v) is 7.00. The maximum absolute atomic E-state index is 12.5. The number of nitrogens with zero attached hydrogens (tertiary/aromatic N) is 4. The molecule has 0 bridgehead atoms. The number of aryl methyl sites for hydroxylation is 2. The van der Waals surface area contributed by atoms with Crippen LogP contribution in [0.4, 0.5) is 5.69 Å². The van der Waals surface area contributed by atoms with Crippen LogP contribution in [0.5, 0.6) is 5.75 Å². The van der Waals surface area contributed by atoms with Crippen LogP contribution in [0.25, 0.3) is 15.9 Å². The van der Waals surface area contributed by atoms with Crippen LogP contribution in [0.15, 0.2) is 29.4 Å². The molecule has 1 N–H and O–H groups in total. The standard InChI is InChI=1S/C22H25N5O2S2/c1-6-29-16-9-7-15(8-10-16)23-17(28)11-30-22-26-25-20-18-13(4)14(5)31-21(18)24-19(12(2)3)27(20)22/h7-10,12H,6,11H2,1-5H3,(H,23,28). The van der Waals surface area contributed by atoms with Crippen molar-refractivity contribution in [3.8, 4) is 5.75 Å². The Balaban J connectivity index is 1.57. The summed E-state index contributed by atoms with van der Waals surface area (Å²) in [5, 5.41) is 13.5. The van der Waals surface area contributed by atoms with E-state index < -0.39 is 0 Å². The van der Waals surface area contributed by atoms with Gasteiger partial charge in [-0.3, -0.25) is 9.20 Å². The smallest absolute Gasteiger partial charge is 0.234 e. The molecular formula is C22H25N5O2S2. The van der Waals surface area contributed by atoms with Gasteiger partial charge >= 0.3 is 0 Å². The number of nitrogens with one attached hydrogen (secondary N) is 1. The topological polar surface area (TPSA) is 81.4 Å². The van der Waals surface area contributed by atoms with Gasteiger partial charge in [0.1, 0.15) is 16.4 Å². The molecule has 7 nitrogen and oxygen atoms in total. The van der Waals surface area contributed by atoms with E-state index in [0.29, 0.717) is 11.8 Å². The highest BCUT2D eigenvalue weighted by molar-refractivity contribution is 7.99. The number of rotatable bonds is 7. The number of aromatic nitrogens is 4. The highest BCUT2D eigenvalue weighted by atomic mass is 32.2. The summed E-state index contributed by atoms with van der Waals surface area (Å²) in [5.74, 6) is 2.01. The van der Waals surface area contributed by atoms with Crippen LogP contribution in [0.1, 0.15) is 43.0 Å². The Kier molecular flexibility index (Phi) is 6.15. The number of amides is 1. The lowest BCUT2D eigenvalue weighted by Gasteiger charge is -2.11. The molecule has 1 aromatic carbocycles. The average Bonchev–Trinajstić information content (AvgIpc) is 3.28. The van der Waals surface area contributed by atoms with Crippen molar-refractivity contribution in [2.24, 2.45) is 0 Å². The van der Waals surface area contributed by atoms with Crippen molar-refractivity contribution in [3.63, 3.8) is 0 Å². The molecule has 162 valence electrons. The first-order valence-electron chi connectivity index (χ1n) is 10.2. The van der Waals surface area contributed by atoms with Gasteiger partial charge in [0.15, 0.2) is 10.8 Å². The number of thiophene rings is 1. The van der Waals surface area contributed by atoms with Crippen LogP contribution >= 0.6 is 23.1 Å². The van der Waals surface area contributed by atoms with Crippen molar-refractivity contribution in [2.75, 3.05) is 17.7 Å². The largest absolute Gasteiger partial charge is 0.494 e. The molecule has 3 aromatic heterocycles. The summed E-state index contributed by atoms with van der Waals surface area (Å²) >= 11 is 3.05. The van der Waals surface area contributed by atoms with Crippen molar-refractivity contribution in [2.45, 2.75) is 45.7 Å². The van der Waals surface area contributed by atoms with Gasteiger partial charge < -0.3 is 10.1 Å². The molecule has 0 saturated carbocycles. The third-order valence-electron chi connectivity index (χ3n) is 4.97. The van der Waals surface area contributed by atoms with Gasteiger partial charge in [-0.05, 0) is 50.6 Å². The number of hydrogen-bond donors (Lipinski definition) is 1. The average molecular weight is 456 g/mol. The Morgan fingerprint density at radius 1 is 1.23 bits per heavy atom. The van der Waals surface area contributed by atoms with Gasteiger partial charge in [0.25, 0.3) is 0 Å². The Morgan fingerprint density at radius 3 is 2.65 bits per heavy atom. The molecular weight excluding hydrogens is 430 g/mol. The molecule has 9 heteroatoms. The Bertz CT molecular complexity index is 1240. The predicted octanol–water partition coefficient (Wildman–Crippen LogP) is 5.21. The quantitative estimate of drug-likeness (QED) is 0.385. The Hall–Kier alpha value is -2.65. The minimum absolute atomic E-state index is 0.103. The first-order chi connectivity index (χ1) is 14.9. The number of anilines is 1.